The topological polar surface area (TPSA) is 55.0 Å². The van der Waals surface area contributed by atoms with Crippen LogP contribution in [0.2, 0.25) is 0 Å². The average Bonchev–Trinajstić information content (AvgIpc) is 2.48. The van der Waals surface area contributed by atoms with Crippen LogP contribution in [0.1, 0.15) is 18.4 Å². The quantitative estimate of drug-likeness (QED) is 0.908. The molecule has 0 unspecified atom stereocenters. The van der Waals surface area contributed by atoms with Gasteiger partial charge < -0.3 is 10.6 Å². The first-order valence-electron chi connectivity index (χ1n) is 7.12. The molecule has 0 amide bonds. The van der Waals surface area contributed by atoms with Crippen LogP contribution in [0.4, 0.5) is 5.69 Å². The van der Waals surface area contributed by atoms with Crippen molar-refractivity contribution in [2.45, 2.75) is 25.8 Å². The lowest BCUT2D eigenvalue weighted by Gasteiger charge is -2.31. The van der Waals surface area contributed by atoms with Crippen molar-refractivity contribution in [3.8, 4) is 11.4 Å². The van der Waals surface area contributed by atoms with Gasteiger partial charge >= 0.3 is 0 Å². The summed E-state index contributed by atoms with van der Waals surface area (Å²) in [6, 6.07) is 8.61. The van der Waals surface area contributed by atoms with E-state index in [9.17, 15) is 0 Å². The number of benzene rings is 1. The number of anilines is 1. The van der Waals surface area contributed by atoms with Crippen LogP contribution in [0.3, 0.4) is 0 Å². The molecule has 0 aliphatic carbocycles. The number of piperidine rings is 1. The molecule has 0 bridgehead atoms. The van der Waals surface area contributed by atoms with Crippen LogP contribution < -0.4 is 10.6 Å². The molecule has 0 spiro atoms. The largest absolute Gasteiger partial charge is 0.369 e. The molecule has 0 radical (unpaired) electrons. The Labute approximate surface area is 119 Å². The molecule has 1 aromatic heterocycles. The second kappa shape index (κ2) is 5.59. The van der Waals surface area contributed by atoms with Gasteiger partial charge in [0.15, 0.2) is 5.82 Å². The molecule has 0 atom stereocenters. The summed E-state index contributed by atoms with van der Waals surface area (Å²) in [7, 11) is 0. The minimum Gasteiger partial charge on any atom is -0.369 e. The van der Waals surface area contributed by atoms with Crippen molar-refractivity contribution in [3.63, 3.8) is 0 Å². The van der Waals surface area contributed by atoms with Crippen LogP contribution in [0.5, 0.6) is 0 Å². The Morgan fingerprint density at radius 3 is 2.50 bits per heavy atom. The van der Waals surface area contributed by atoms with Gasteiger partial charge in [0.1, 0.15) is 0 Å². The molecule has 1 aliphatic heterocycles. The standard InChI is InChI=1S/C16H20N4/c1-12-3-2-4-13(9-12)16-18-10-15(11-19-16)20-7-5-14(17)6-8-20/h2-4,9-11,14H,5-8,17H2,1H3. The van der Waals surface area contributed by atoms with Crippen molar-refractivity contribution in [2.24, 2.45) is 5.73 Å². The molecular formula is C16H20N4. The van der Waals surface area contributed by atoms with E-state index in [1.54, 1.807) is 0 Å². The highest BCUT2D eigenvalue weighted by Crippen LogP contribution is 2.21. The average molecular weight is 268 g/mol. The normalized spacial score (nSPS) is 16.4. The Morgan fingerprint density at radius 1 is 1.15 bits per heavy atom. The molecular weight excluding hydrogens is 248 g/mol. The van der Waals surface area contributed by atoms with Gasteiger partial charge in [-0.15, -0.1) is 0 Å². The molecule has 1 aliphatic rings. The molecule has 0 saturated carbocycles. The van der Waals surface area contributed by atoms with E-state index in [0.29, 0.717) is 6.04 Å². The number of aryl methyl sites for hydroxylation is 1. The number of nitrogens with two attached hydrogens (primary N) is 1. The molecule has 2 aromatic rings. The lowest BCUT2D eigenvalue weighted by molar-refractivity contribution is 0.500. The van der Waals surface area contributed by atoms with Crippen LogP contribution in [0, 0.1) is 6.92 Å². The zero-order chi connectivity index (χ0) is 13.9. The molecule has 1 saturated heterocycles. The van der Waals surface area contributed by atoms with Gasteiger partial charge in [0, 0.05) is 24.7 Å². The van der Waals surface area contributed by atoms with E-state index >= 15 is 0 Å². The fourth-order valence-corrected chi connectivity index (χ4v) is 2.58. The van der Waals surface area contributed by atoms with Gasteiger partial charge in [-0.3, -0.25) is 0 Å². The maximum Gasteiger partial charge on any atom is 0.159 e. The van der Waals surface area contributed by atoms with Gasteiger partial charge in [-0.25, -0.2) is 9.97 Å². The Hall–Kier alpha value is -1.94. The predicted octanol–water partition coefficient (Wildman–Crippen LogP) is 2.38. The van der Waals surface area contributed by atoms with E-state index in [-0.39, 0.29) is 0 Å². The first kappa shape index (κ1) is 13.1. The second-order valence-electron chi connectivity index (χ2n) is 5.46. The van der Waals surface area contributed by atoms with Gasteiger partial charge in [-0.05, 0) is 25.8 Å². The van der Waals surface area contributed by atoms with Gasteiger partial charge in [0.05, 0.1) is 18.1 Å². The van der Waals surface area contributed by atoms with E-state index in [0.717, 1.165) is 43.0 Å². The third kappa shape index (κ3) is 2.80. The molecule has 104 valence electrons. The van der Waals surface area contributed by atoms with Crippen molar-refractivity contribution >= 4 is 5.69 Å². The molecule has 4 nitrogen and oxygen atoms in total. The molecule has 3 rings (SSSR count). The Kier molecular flexibility index (Phi) is 3.65. The smallest absolute Gasteiger partial charge is 0.159 e. The lowest BCUT2D eigenvalue weighted by atomic mass is 10.1. The van der Waals surface area contributed by atoms with E-state index < -0.39 is 0 Å². The van der Waals surface area contributed by atoms with E-state index in [4.69, 9.17) is 5.73 Å². The molecule has 2 heterocycles. The summed E-state index contributed by atoms with van der Waals surface area (Å²) in [4.78, 5) is 11.3. The Bertz CT molecular complexity index is 571. The first-order valence-corrected chi connectivity index (χ1v) is 7.12. The van der Waals surface area contributed by atoms with Crippen molar-refractivity contribution in [2.75, 3.05) is 18.0 Å². The van der Waals surface area contributed by atoms with Crippen molar-refractivity contribution in [1.82, 2.24) is 9.97 Å². The monoisotopic (exact) mass is 268 g/mol. The molecule has 2 N–H and O–H groups in total. The lowest BCUT2D eigenvalue weighted by Crippen LogP contribution is -2.39. The highest BCUT2D eigenvalue weighted by atomic mass is 15.2. The molecule has 20 heavy (non-hydrogen) atoms. The maximum atomic E-state index is 5.93. The van der Waals surface area contributed by atoms with E-state index in [2.05, 4.69) is 33.9 Å². The third-order valence-electron chi connectivity index (χ3n) is 3.82. The number of rotatable bonds is 2. The van der Waals surface area contributed by atoms with Crippen LogP contribution in [-0.4, -0.2) is 29.1 Å². The summed E-state index contributed by atoms with van der Waals surface area (Å²) in [5.74, 6) is 0.783. The maximum absolute atomic E-state index is 5.93. The van der Waals surface area contributed by atoms with Gasteiger partial charge in [0.25, 0.3) is 0 Å². The molecule has 4 heteroatoms. The van der Waals surface area contributed by atoms with Crippen molar-refractivity contribution in [1.29, 1.82) is 0 Å². The zero-order valence-corrected chi connectivity index (χ0v) is 11.8. The third-order valence-corrected chi connectivity index (χ3v) is 3.82. The molecule has 1 fully saturated rings. The second-order valence-corrected chi connectivity index (χ2v) is 5.46. The fraction of sp³-hybridized carbons (Fsp3) is 0.375. The fourth-order valence-electron chi connectivity index (χ4n) is 2.58. The summed E-state index contributed by atoms with van der Waals surface area (Å²) >= 11 is 0. The summed E-state index contributed by atoms with van der Waals surface area (Å²) in [5, 5.41) is 0. The number of nitrogens with zero attached hydrogens (tertiary/aromatic N) is 3. The van der Waals surface area contributed by atoms with Crippen LogP contribution >= 0.6 is 0 Å². The Morgan fingerprint density at radius 2 is 1.85 bits per heavy atom. The number of hydrogen-bond donors (Lipinski definition) is 1. The first-order chi connectivity index (χ1) is 9.72. The predicted molar refractivity (Wildman–Crippen MR) is 81.6 cm³/mol. The van der Waals surface area contributed by atoms with Crippen LogP contribution in [-0.2, 0) is 0 Å². The number of hydrogen-bond acceptors (Lipinski definition) is 4. The van der Waals surface area contributed by atoms with Gasteiger partial charge in [0.2, 0.25) is 0 Å². The van der Waals surface area contributed by atoms with Gasteiger partial charge in [-0.1, -0.05) is 23.8 Å². The number of aromatic nitrogens is 2. The summed E-state index contributed by atoms with van der Waals surface area (Å²) < 4.78 is 0. The van der Waals surface area contributed by atoms with Crippen molar-refractivity contribution < 1.29 is 0 Å². The minimum absolute atomic E-state index is 0.346. The van der Waals surface area contributed by atoms with E-state index in [1.165, 1.54) is 5.56 Å². The van der Waals surface area contributed by atoms with Crippen LogP contribution in [0.15, 0.2) is 36.7 Å². The van der Waals surface area contributed by atoms with Crippen molar-refractivity contribution in [3.05, 3.63) is 42.2 Å². The summed E-state index contributed by atoms with van der Waals surface area (Å²) in [6.45, 7) is 4.07. The highest BCUT2D eigenvalue weighted by Gasteiger charge is 2.16. The molecule has 1 aromatic carbocycles. The van der Waals surface area contributed by atoms with Crippen LogP contribution in [0.25, 0.3) is 11.4 Å². The summed E-state index contributed by atoms with van der Waals surface area (Å²) in [6.07, 6.45) is 5.92. The highest BCUT2D eigenvalue weighted by molar-refractivity contribution is 5.57. The summed E-state index contributed by atoms with van der Waals surface area (Å²) in [5.41, 5.74) is 9.31. The zero-order valence-electron chi connectivity index (χ0n) is 11.8. The van der Waals surface area contributed by atoms with E-state index in [1.807, 2.05) is 24.5 Å². The minimum atomic E-state index is 0.346. The SMILES string of the molecule is Cc1cccc(-c2ncc(N3CCC(N)CC3)cn2)c1. The van der Waals surface area contributed by atoms with Gasteiger partial charge in [-0.2, -0.15) is 0 Å². The Balaban J connectivity index is 1.78.